The highest BCUT2D eigenvalue weighted by Crippen LogP contribution is 2.22. The van der Waals surface area contributed by atoms with Crippen molar-refractivity contribution in [2.75, 3.05) is 20.1 Å². The zero-order valence-corrected chi connectivity index (χ0v) is 14.6. The Bertz CT molecular complexity index is 634. The van der Waals surface area contributed by atoms with Gasteiger partial charge in [-0.15, -0.1) is 24.0 Å². The van der Waals surface area contributed by atoms with E-state index in [1.54, 1.807) is 0 Å². The summed E-state index contributed by atoms with van der Waals surface area (Å²) in [5, 5.41) is 7.66. The molecule has 6 heteroatoms. The molecule has 1 aliphatic heterocycles. The van der Waals surface area contributed by atoms with Gasteiger partial charge >= 0.3 is 0 Å². The van der Waals surface area contributed by atoms with E-state index in [4.69, 9.17) is 0 Å². The molecule has 0 spiro atoms. The summed E-state index contributed by atoms with van der Waals surface area (Å²) in [7, 11) is 4.00. The van der Waals surface area contributed by atoms with Crippen LogP contribution in [0.3, 0.4) is 0 Å². The van der Waals surface area contributed by atoms with Crippen molar-refractivity contribution in [3.63, 3.8) is 0 Å². The summed E-state index contributed by atoms with van der Waals surface area (Å²) >= 11 is 0. The van der Waals surface area contributed by atoms with E-state index in [2.05, 4.69) is 51.6 Å². The standard InChI is InChI=1S/C15H19N5.HI/c1-19-8-7-16-15(19)17-9-12-5-3-4-6-14(12)13-10-18-20(2)11-13;/h3-6,10-11H,7-9H2,1-2H3,(H,16,17);1H. The molecular formula is C15H20IN5. The number of aromatic nitrogens is 2. The van der Waals surface area contributed by atoms with Crippen LogP contribution in [0.4, 0.5) is 0 Å². The molecule has 0 radical (unpaired) electrons. The molecule has 0 atom stereocenters. The van der Waals surface area contributed by atoms with Gasteiger partial charge < -0.3 is 10.2 Å². The molecule has 0 fully saturated rings. The molecule has 0 bridgehead atoms. The average molecular weight is 397 g/mol. The number of nitrogens with zero attached hydrogens (tertiary/aromatic N) is 4. The van der Waals surface area contributed by atoms with Gasteiger partial charge in [-0.3, -0.25) is 9.67 Å². The molecule has 3 rings (SSSR count). The summed E-state index contributed by atoms with van der Waals surface area (Å²) in [6.07, 6.45) is 3.94. The molecule has 21 heavy (non-hydrogen) atoms. The molecule has 5 nitrogen and oxygen atoms in total. The summed E-state index contributed by atoms with van der Waals surface area (Å²) in [6, 6.07) is 8.40. The van der Waals surface area contributed by atoms with Crippen LogP contribution in [0.15, 0.2) is 41.7 Å². The summed E-state index contributed by atoms with van der Waals surface area (Å²) in [5.41, 5.74) is 3.62. The lowest BCUT2D eigenvalue weighted by Crippen LogP contribution is -2.35. The van der Waals surface area contributed by atoms with Gasteiger partial charge in [-0.25, -0.2) is 0 Å². The number of aliphatic imine (C=N–C) groups is 1. The molecule has 112 valence electrons. The molecule has 1 aliphatic rings. The van der Waals surface area contributed by atoms with Crippen molar-refractivity contribution in [1.29, 1.82) is 0 Å². The van der Waals surface area contributed by atoms with Crippen LogP contribution >= 0.6 is 24.0 Å². The van der Waals surface area contributed by atoms with Crippen molar-refractivity contribution in [2.24, 2.45) is 12.0 Å². The van der Waals surface area contributed by atoms with Gasteiger partial charge in [-0.2, -0.15) is 5.10 Å². The van der Waals surface area contributed by atoms with Crippen molar-refractivity contribution >= 4 is 29.9 Å². The maximum Gasteiger partial charge on any atom is 0.194 e. The zero-order chi connectivity index (χ0) is 13.9. The van der Waals surface area contributed by atoms with Crippen LogP contribution in [-0.2, 0) is 13.6 Å². The van der Waals surface area contributed by atoms with Crippen molar-refractivity contribution in [2.45, 2.75) is 6.54 Å². The second-order valence-corrected chi connectivity index (χ2v) is 5.04. The number of nitrogens with one attached hydrogen (secondary N) is 1. The number of guanidine groups is 1. The van der Waals surface area contributed by atoms with Crippen LogP contribution in [0, 0.1) is 0 Å². The van der Waals surface area contributed by atoms with Gasteiger partial charge in [0.15, 0.2) is 5.96 Å². The van der Waals surface area contributed by atoms with E-state index in [1.807, 2.05) is 24.1 Å². The lowest BCUT2D eigenvalue weighted by atomic mass is 10.0. The van der Waals surface area contributed by atoms with E-state index < -0.39 is 0 Å². The molecular weight excluding hydrogens is 377 g/mol. The molecule has 1 aromatic heterocycles. The minimum absolute atomic E-state index is 0. The van der Waals surface area contributed by atoms with Gasteiger partial charge in [-0.1, -0.05) is 24.3 Å². The molecule has 0 saturated carbocycles. The smallest absolute Gasteiger partial charge is 0.194 e. The van der Waals surface area contributed by atoms with Crippen LogP contribution in [0.25, 0.3) is 11.1 Å². The summed E-state index contributed by atoms with van der Waals surface area (Å²) in [4.78, 5) is 6.60. The van der Waals surface area contributed by atoms with E-state index in [0.29, 0.717) is 0 Å². The van der Waals surface area contributed by atoms with Crippen molar-refractivity contribution in [3.05, 3.63) is 42.2 Å². The average Bonchev–Trinajstić information content (AvgIpc) is 3.06. The second-order valence-electron chi connectivity index (χ2n) is 5.04. The third-order valence-corrected chi connectivity index (χ3v) is 3.53. The Balaban J connectivity index is 0.00000161. The quantitative estimate of drug-likeness (QED) is 0.808. The van der Waals surface area contributed by atoms with Gasteiger partial charge in [0.2, 0.25) is 0 Å². The van der Waals surface area contributed by atoms with E-state index in [0.717, 1.165) is 31.2 Å². The van der Waals surface area contributed by atoms with Crippen LogP contribution in [0.5, 0.6) is 0 Å². The first kappa shape index (κ1) is 15.8. The monoisotopic (exact) mass is 397 g/mol. The molecule has 2 heterocycles. The van der Waals surface area contributed by atoms with E-state index in [-0.39, 0.29) is 24.0 Å². The minimum atomic E-state index is 0. The van der Waals surface area contributed by atoms with E-state index in [1.165, 1.54) is 11.1 Å². The molecule has 0 unspecified atom stereocenters. The van der Waals surface area contributed by atoms with Crippen molar-refractivity contribution < 1.29 is 0 Å². The fourth-order valence-electron chi connectivity index (χ4n) is 2.41. The molecule has 0 amide bonds. The fraction of sp³-hybridized carbons (Fsp3) is 0.333. The van der Waals surface area contributed by atoms with Crippen LogP contribution in [0.2, 0.25) is 0 Å². The Labute approximate surface area is 142 Å². The Morgan fingerprint density at radius 3 is 2.71 bits per heavy atom. The molecule has 1 aromatic carbocycles. The third kappa shape index (κ3) is 3.55. The number of rotatable bonds is 3. The van der Waals surface area contributed by atoms with Crippen LogP contribution in [0.1, 0.15) is 5.56 Å². The number of halogens is 1. The maximum absolute atomic E-state index is 4.45. The number of hydrogen-bond acceptors (Lipinski definition) is 4. The third-order valence-electron chi connectivity index (χ3n) is 3.53. The summed E-state index contributed by atoms with van der Waals surface area (Å²) < 4.78 is 1.83. The summed E-state index contributed by atoms with van der Waals surface area (Å²) in [6.45, 7) is 2.64. The lowest BCUT2D eigenvalue weighted by molar-refractivity contribution is 0.534. The molecule has 0 saturated heterocycles. The number of benzene rings is 1. The Kier molecular flexibility index (Phi) is 5.22. The second kappa shape index (κ2) is 6.93. The normalized spacial score (nSPS) is 13.8. The van der Waals surface area contributed by atoms with E-state index >= 15 is 0 Å². The van der Waals surface area contributed by atoms with Crippen molar-refractivity contribution in [3.8, 4) is 11.1 Å². The summed E-state index contributed by atoms with van der Waals surface area (Å²) in [5.74, 6) is 0.978. The van der Waals surface area contributed by atoms with E-state index in [9.17, 15) is 0 Å². The SMILES string of the molecule is CN1CCN=C1NCc1ccccc1-c1cnn(C)c1.I. The topological polar surface area (TPSA) is 45.4 Å². The first-order valence-electron chi connectivity index (χ1n) is 6.80. The molecule has 0 aliphatic carbocycles. The Morgan fingerprint density at radius 2 is 2.05 bits per heavy atom. The van der Waals surface area contributed by atoms with Gasteiger partial charge in [0.25, 0.3) is 0 Å². The van der Waals surface area contributed by atoms with Crippen LogP contribution < -0.4 is 5.32 Å². The van der Waals surface area contributed by atoms with Gasteiger partial charge in [0.05, 0.1) is 12.7 Å². The van der Waals surface area contributed by atoms with Gasteiger partial charge in [0.1, 0.15) is 0 Å². The zero-order valence-electron chi connectivity index (χ0n) is 12.3. The Morgan fingerprint density at radius 1 is 1.24 bits per heavy atom. The largest absolute Gasteiger partial charge is 0.352 e. The number of aryl methyl sites for hydroxylation is 1. The highest BCUT2D eigenvalue weighted by atomic mass is 127. The van der Waals surface area contributed by atoms with Gasteiger partial charge in [0, 0.05) is 38.9 Å². The highest BCUT2D eigenvalue weighted by molar-refractivity contribution is 14.0. The Hall–Kier alpha value is -1.57. The highest BCUT2D eigenvalue weighted by Gasteiger charge is 2.12. The molecule has 1 N–H and O–H groups in total. The number of hydrogen-bond donors (Lipinski definition) is 1. The maximum atomic E-state index is 4.45. The first-order valence-corrected chi connectivity index (χ1v) is 6.80. The first-order chi connectivity index (χ1) is 9.74. The number of likely N-dealkylation sites (N-methyl/N-ethyl adjacent to an activating group) is 1. The fourth-order valence-corrected chi connectivity index (χ4v) is 2.41. The predicted molar refractivity (Wildman–Crippen MR) is 95.8 cm³/mol. The van der Waals surface area contributed by atoms with Gasteiger partial charge in [-0.05, 0) is 11.1 Å². The minimum Gasteiger partial charge on any atom is -0.352 e. The van der Waals surface area contributed by atoms with Crippen LogP contribution in [-0.4, -0.2) is 40.8 Å². The van der Waals surface area contributed by atoms with Crippen molar-refractivity contribution in [1.82, 2.24) is 20.0 Å². The lowest BCUT2D eigenvalue weighted by Gasteiger charge is -2.16. The molecule has 2 aromatic rings. The predicted octanol–water partition coefficient (Wildman–Crippen LogP) is 2.10.